The third-order valence-electron chi connectivity index (χ3n) is 2.96. The summed E-state index contributed by atoms with van der Waals surface area (Å²) >= 11 is 0. The van der Waals surface area contributed by atoms with Gasteiger partial charge in [0.25, 0.3) is 0 Å². The number of carbonyl (C=O) groups is 1. The SMILES string of the molecule is N#Cc1ccc(NC(=O)NC(CO)c2ccccc2)cc1. The van der Waals surface area contributed by atoms with Crippen LogP contribution in [0.4, 0.5) is 10.5 Å². The molecule has 0 saturated heterocycles. The van der Waals surface area contributed by atoms with Gasteiger partial charge in [0.1, 0.15) is 0 Å². The molecule has 0 saturated carbocycles. The fraction of sp³-hybridized carbons (Fsp3) is 0.125. The summed E-state index contributed by atoms with van der Waals surface area (Å²) in [6.45, 7) is -0.190. The summed E-state index contributed by atoms with van der Waals surface area (Å²) < 4.78 is 0. The lowest BCUT2D eigenvalue weighted by atomic mass is 10.1. The van der Waals surface area contributed by atoms with Crippen LogP contribution in [0.3, 0.4) is 0 Å². The maximum Gasteiger partial charge on any atom is 0.319 e. The van der Waals surface area contributed by atoms with Gasteiger partial charge in [-0.1, -0.05) is 30.3 Å². The molecule has 0 fully saturated rings. The van der Waals surface area contributed by atoms with Crippen molar-refractivity contribution in [3.05, 3.63) is 65.7 Å². The van der Waals surface area contributed by atoms with Gasteiger partial charge in [0.2, 0.25) is 0 Å². The lowest BCUT2D eigenvalue weighted by Gasteiger charge is -2.17. The van der Waals surface area contributed by atoms with Gasteiger partial charge in [-0.25, -0.2) is 4.79 Å². The minimum Gasteiger partial charge on any atom is -0.394 e. The van der Waals surface area contributed by atoms with Crippen molar-refractivity contribution in [3.8, 4) is 6.07 Å². The molecule has 0 aliphatic carbocycles. The van der Waals surface area contributed by atoms with Gasteiger partial charge in [-0.3, -0.25) is 0 Å². The number of aliphatic hydroxyl groups is 1. The van der Waals surface area contributed by atoms with Crippen LogP contribution in [0.5, 0.6) is 0 Å². The van der Waals surface area contributed by atoms with Crippen molar-refractivity contribution < 1.29 is 9.90 Å². The first kappa shape index (κ1) is 14.6. The molecule has 2 rings (SSSR count). The Kier molecular flexibility index (Phi) is 4.91. The second-order valence-electron chi connectivity index (χ2n) is 4.43. The first-order chi connectivity index (χ1) is 10.2. The topological polar surface area (TPSA) is 85.2 Å². The minimum absolute atomic E-state index is 0.190. The second kappa shape index (κ2) is 7.08. The van der Waals surface area contributed by atoms with Gasteiger partial charge in [0.15, 0.2) is 0 Å². The van der Waals surface area contributed by atoms with E-state index in [4.69, 9.17) is 5.26 Å². The Bertz CT molecular complexity index is 633. The molecule has 0 aliphatic heterocycles. The summed E-state index contributed by atoms with van der Waals surface area (Å²) in [5.41, 5.74) is 1.93. The number of rotatable bonds is 4. The van der Waals surface area contributed by atoms with Gasteiger partial charge < -0.3 is 15.7 Å². The highest BCUT2D eigenvalue weighted by Crippen LogP contribution is 2.13. The van der Waals surface area contributed by atoms with Crippen molar-refractivity contribution in [2.45, 2.75) is 6.04 Å². The monoisotopic (exact) mass is 281 g/mol. The number of urea groups is 1. The molecule has 0 spiro atoms. The van der Waals surface area contributed by atoms with Crippen LogP contribution in [0.2, 0.25) is 0 Å². The smallest absolute Gasteiger partial charge is 0.319 e. The van der Waals surface area contributed by atoms with E-state index in [1.165, 1.54) is 0 Å². The van der Waals surface area contributed by atoms with E-state index in [0.29, 0.717) is 11.3 Å². The summed E-state index contributed by atoms with van der Waals surface area (Å²) in [4.78, 5) is 11.9. The molecule has 106 valence electrons. The fourth-order valence-electron chi connectivity index (χ4n) is 1.87. The van der Waals surface area contributed by atoms with Crippen molar-refractivity contribution in [1.82, 2.24) is 5.32 Å². The van der Waals surface area contributed by atoms with E-state index in [2.05, 4.69) is 10.6 Å². The highest BCUT2D eigenvalue weighted by molar-refractivity contribution is 5.89. The van der Waals surface area contributed by atoms with Crippen LogP contribution in [0.1, 0.15) is 17.2 Å². The number of nitrogens with one attached hydrogen (secondary N) is 2. The third-order valence-corrected chi connectivity index (χ3v) is 2.96. The molecular weight excluding hydrogens is 266 g/mol. The minimum atomic E-state index is -0.468. The number of amides is 2. The van der Waals surface area contributed by atoms with Gasteiger partial charge >= 0.3 is 6.03 Å². The normalized spacial score (nSPS) is 11.2. The number of carbonyl (C=O) groups excluding carboxylic acids is 1. The van der Waals surface area contributed by atoms with E-state index in [9.17, 15) is 9.90 Å². The average Bonchev–Trinajstić information content (AvgIpc) is 2.54. The van der Waals surface area contributed by atoms with Crippen molar-refractivity contribution in [1.29, 1.82) is 5.26 Å². The Morgan fingerprint density at radius 1 is 1.14 bits per heavy atom. The van der Waals surface area contributed by atoms with Crippen molar-refractivity contribution in [2.24, 2.45) is 0 Å². The summed E-state index contributed by atoms with van der Waals surface area (Å²) in [5.74, 6) is 0. The van der Waals surface area contributed by atoms with Gasteiger partial charge in [0, 0.05) is 5.69 Å². The van der Waals surface area contributed by atoms with E-state index in [-0.39, 0.29) is 6.61 Å². The molecule has 5 heteroatoms. The predicted octanol–water partition coefficient (Wildman–Crippen LogP) is 2.41. The Balaban J connectivity index is 1.98. The van der Waals surface area contributed by atoms with Gasteiger partial charge in [-0.15, -0.1) is 0 Å². The summed E-state index contributed by atoms with van der Waals surface area (Å²) in [6.07, 6.45) is 0. The summed E-state index contributed by atoms with van der Waals surface area (Å²) in [6, 6.07) is 16.9. The van der Waals surface area contributed by atoms with E-state index in [1.54, 1.807) is 24.3 Å². The molecule has 5 nitrogen and oxygen atoms in total. The standard InChI is InChI=1S/C16H15N3O2/c17-10-12-6-8-14(9-7-12)18-16(21)19-15(11-20)13-4-2-1-3-5-13/h1-9,15,20H,11H2,(H2,18,19,21). The number of anilines is 1. The first-order valence-electron chi connectivity index (χ1n) is 6.46. The van der Waals surface area contributed by atoms with Crippen molar-refractivity contribution in [3.63, 3.8) is 0 Å². The number of nitrogens with zero attached hydrogens (tertiary/aromatic N) is 1. The number of aliphatic hydroxyl groups excluding tert-OH is 1. The van der Waals surface area contributed by atoms with Gasteiger partial charge in [-0.05, 0) is 29.8 Å². The van der Waals surface area contributed by atoms with Gasteiger partial charge in [0.05, 0.1) is 24.3 Å². The predicted molar refractivity (Wildman–Crippen MR) is 79.6 cm³/mol. The fourth-order valence-corrected chi connectivity index (χ4v) is 1.87. The number of hydrogen-bond donors (Lipinski definition) is 3. The number of nitriles is 1. The van der Waals surface area contributed by atoms with Gasteiger partial charge in [-0.2, -0.15) is 5.26 Å². The molecular formula is C16H15N3O2. The van der Waals surface area contributed by atoms with Crippen molar-refractivity contribution in [2.75, 3.05) is 11.9 Å². The van der Waals surface area contributed by atoms with E-state index >= 15 is 0 Å². The van der Waals surface area contributed by atoms with Crippen LogP contribution < -0.4 is 10.6 Å². The van der Waals surface area contributed by atoms with Crippen molar-refractivity contribution >= 4 is 11.7 Å². The second-order valence-corrected chi connectivity index (χ2v) is 4.43. The Morgan fingerprint density at radius 3 is 2.38 bits per heavy atom. The molecule has 1 unspecified atom stereocenters. The maximum absolute atomic E-state index is 11.9. The summed E-state index contributed by atoms with van der Waals surface area (Å²) in [7, 11) is 0. The molecule has 0 radical (unpaired) electrons. The Morgan fingerprint density at radius 2 is 1.81 bits per heavy atom. The van der Waals surface area contributed by atoms with E-state index in [0.717, 1.165) is 5.56 Å². The summed E-state index contributed by atoms with van der Waals surface area (Å²) in [5, 5.41) is 23.4. The van der Waals surface area contributed by atoms with Crippen LogP contribution in [0, 0.1) is 11.3 Å². The Labute approximate surface area is 122 Å². The molecule has 0 aliphatic rings. The van der Waals surface area contributed by atoms with E-state index in [1.807, 2.05) is 36.4 Å². The number of hydrogen-bond acceptors (Lipinski definition) is 3. The first-order valence-corrected chi connectivity index (χ1v) is 6.46. The molecule has 21 heavy (non-hydrogen) atoms. The highest BCUT2D eigenvalue weighted by atomic mass is 16.3. The van der Waals surface area contributed by atoms with Crippen LogP contribution in [-0.2, 0) is 0 Å². The zero-order valence-corrected chi connectivity index (χ0v) is 11.3. The molecule has 0 bridgehead atoms. The molecule has 1 atom stereocenters. The maximum atomic E-state index is 11.9. The molecule has 0 aromatic heterocycles. The van der Waals surface area contributed by atoms with Crippen LogP contribution in [-0.4, -0.2) is 17.7 Å². The number of benzene rings is 2. The molecule has 2 aromatic rings. The molecule has 0 heterocycles. The average molecular weight is 281 g/mol. The van der Waals surface area contributed by atoms with Crippen LogP contribution in [0.15, 0.2) is 54.6 Å². The zero-order chi connectivity index (χ0) is 15.1. The van der Waals surface area contributed by atoms with E-state index < -0.39 is 12.1 Å². The largest absolute Gasteiger partial charge is 0.394 e. The van der Waals surface area contributed by atoms with Crippen LogP contribution in [0.25, 0.3) is 0 Å². The van der Waals surface area contributed by atoms with Crippen LogP contribution >= 0.6 is 0 Å². The molecule has 2 amide bonds. The Hall–Kier alpha value is -2.84. The molecule has 2 aromatic carbocycles. The highest BCUT2D eigenvalue weighted by Gasteiger charge is 2.13. The third kappa shape index (κ3) is 4.06. The zero-order valence-electron chi connectivity index (χ0n) is 11.3. The molecule has 3 N–H and O–H groups in total. The quantitative estimate of drug-likeness (QED) is 0.804. The lowest BCUT2D eigenvalue weighted by Crippen LogP contribution is -2.34. The lowest BCUT2D eigenvalue weighted by molar-refractivity contribution is 0.225.